The molecule has 0 saturated carbocycles. The van der Waals surface area contributed by atoms with Crippen molar-refractivity contribution in [3.63, 3.8) is 0 Å². The second kappa shape index (κ2) is 43.6. The summed E-state index contributed by atoms with van der Waals surface area (Å²) < 4.78 is 0. The van der Waals surface area contributed by atoms with E-state index in [2.05, 4.69) is 180 Å². The molecule has 0 bridgehead atoms. The van der Waals surface area contributed by atoms with Crippen LogP contribution in [0.25, 0.3) is 39.0 Å². The molecule has 6 aromatic rings. The number of aryl methyl sites for hydroxylation is 3. The summed E-state index contributed by atoms with van der Waals surface area (Å²) >= 11 is 0. The lowest BCUT2D eigenvalue weighted by molar-refractivity contribution is 0.399. The van der Waals surface area contributed by atoms with Gasteiger partial charge in [-0.2, -0.15) is 0 Å². The maximum Gasteiger partial charge on any atom is 0.0319 e. The van der Waals surface area contributed by atoms with Crippen molar-refractivity contribution in [2.75, 3.05) is 7.11 Å². The lowest BCUT2D eigenvalue weighted by Gasteiger charge is -2.08. The van der Waals surface area contributed by atoms with Crippen molar-refractivity contribution >= 4 is 16.7 Å². The predicted molar refractivity (Wildman–Crippen MR) is 289 cm³/mol. The minimum atomic E-state index is 1.00. The summed E-state index contributed by atoms with van der Waals surface area (Å²) in [4.78, 5) is 0. The number of benzene rings is 6. The molecule has 62 heavy (non-hydrogen) atoms. The van der Waals surface area contributed by atoms with Crippen LogP contribution in [0.1, 0.15) is 137 Å². The highest BCUT2D eigenvalue weighted by molar-refractivity contribution is 5.82. The summed E-state index contributed by atoms with van der Waals surface area (Å²) in [7, 11) is 1.00. The molecule has 0 radical (unpaired) electrons. The van der Waals surface area contributed by atoms with Gasteiger partial charge in [0, 0.05) is 7.11 Å². The maximum absolute atomic E-state index is 7.00. The minimum absolute atomic E-state index is 1.00. The molecule has 0 fully saturated rings. The summed E-state index contributed by atoms with van der Waals surface area (Å²) in [6, 6.07) is 54.9. The highest BCUT2D eigenvalue weighted by atomic mass is 16.2. The Hall–Kier alpha value is -5.50. The largest absolute Gasteiger partial charge is 0.400 e. The van der Waals surface area contributed by atoms with Gasteiger partial charge in [0.05, 0.1) is 0 Å². The van der Waals surface area contributed by atoms with Crippen LogP contribution in [-0.4, -0.2) is 12.2 Å². The third-order valence-corrected chi connectivity index (χ3v) is 8.40. The lowest BCUT2D eigenvalue weighted by Crippen LogP contribution is -1.85. The van der Waals surface area contributed by atoms with Gasteiger partial charge in [-0.3, -0.25) is 0 Å². The quantitative estimate of drug-likeness (QED) is 0.159. The third kappa shape index (κ3) is 25.3. The molecule has 0 aliphatic rings. The molecular weight excluding hydrogens is 749 g/mol. The van der Waals surface area contributed by atoms with Crippen LogP contribution in [0.4, 0.5) is 0 Å². The molecular formula is C61H88O. The van der Waals surface area contributed by atoms with Crippen LogP contribution in [0.5, 0.6) is 0 Å². The topological polar surface area (TPSA) is 20.2 Å². The molecule has 0 saturated heterocycles. The highest BCUT2D eigenvalue weighted by Crippen LogP contribution is 2.26. The summed E-state index contributed by atoms with van der Waals surface area (Å²) in [5.41, 5.74) is 16.3. The molecule has 6 rings (SSSR count). The summed E-state index contributed by atoms with van der Waals surface area (Å²) in [6.45, 7) is 42.7. The fourth-order valence-corrected chi connectivity index (χ4v) is 5.43. The van der Waals surface area contributed by atoms with Crippen LogP contribution in [-0.2, 0) is 6.42 Å². The summed E-state index contributed by atoms with van der Waals surface area (Å²) in [6.07, 6.45) is 3.22. The van der Waals surface area contributed by atoms with E-state index >= 15 is 0 Å². The van der Waals surface area contributed by atoms with E-state index in [1.165, 1.54) is 61.2 Å². The lowest BCUT2D eigenvalue weighted by atomic mass is 9.97. The van der Waals surface area contributed by atoms with E-state index in [-0.39, 0.29) is 0 Å². The molecule has 6 aromatic carbocycles. The fraction of sp³-hybridized carbons (Fsp3) is 0.311. The average molecular weight is 837 g/mol. The van der Waals surface area contributed by atoms with Gasteiger partial charge in [0.1, 0.15) is 0 Å². The van der Waals surface area contributed by atoms with Crippen molar-refractivity contribution in [2.24, 2.45) is 0 Å². The molecule has 0 heterocycles. The van der Waals surface area contributed by atoms with Gasteiger partial charge >= 0.3 is 0 Å². The van der Waals surface area contributed by atoms with Gasteiger partial charge in [-0.15, -0.1) is 0 Å². The van der Waals surface area contributed by atoms with Gasteiger partial charge in [0.25, 0.3) is 0 Å². The number of hydrogen-bond acceptors (Lipinski definition) is 1. The van der Waals surface area contributed by atoms with Crippen molar-refractivity contribution in [3.8, 4) is 22.3 Å². The first kappa shape index (κ1) is 63.1. The molecule has 1 heteroatoms. The normalized spacial score (nSPS) is 8.85. The Morgan fingerprint density at radius 2 is 0.806 bits per heavy atom. The maximum atomic E-state index is 7.00. The Morgan fingerprint density at radius 3 is 1.19 bits per heavy atom. The van der Waals surface area contributed by atoms with E-state index in [4.69, 9.17) is 5.11 Å². The Balaban J connectivity index is -0.000000356. The molecule has 0 unspecified atom stereocenters. The molecule has 0 aliphatic carbocycles. The summed E-state index contributed by atoms with van der Waals surface area (Å²) in [5, 5.41) is 7.00. The third-order valence-electron chi connectivity index (χ3n) is 8.40. The van der Waals surface area contributed by atoms with Gasteiger partial charge in [-0.25, -0.2) is 0 Å². The van der Waals surface area contributed by atoms with E-state index in [0.29, 0.717) is 0 Å². The Morgan fingerprint density at radius 1 is 0.435 bits per heavy atom. The Bertz CT molecular complexity index is 1900. The monoisotopic (exact) mass is 837 g/mol. The second-order valence-corrected chi connectivity index (χ2v) is 12.1. The number of allylic oxidation sites excluding steroid dienone is 4. The summed E-state index contributed by atoms with van der Waals surface area (Å²) in [5.74, 6) is 0. The standard InChI is InChI=1S/C17H16.C17H18.C14H14.6C2H6.CH4O/c1-14(16-9-5-3-6-10-16)13-15(2)17-11-7-4-8-12-17;1-4-14-8-10-15(11-9-14)17-7-5-6-16(12-17)13(2)3;1-11-7-3-5-9-13(11)14-10-6-4-8-12(14)2;7*1-2/h3-13H,1H2,2H3;5-12H,2,4H2,1,3H3;3-10H,1-2H3;6*1-2H3;2H,1H3/b15-13+;;;;;;;;;. The molecule has 338 valence electrons. The number of rotatable bonds is 7. The zero-order valence-electron chi connectivity index (χ0n) is 42.7. The van der Waals surface area contributed by atoms with E-state index in [9.17, 15) is 0 Å². The van der Waals surface area contributed by atoms with Crippen LogP contribution < -0.4 is 0 Å². The van der Waals surface area contributed by atoms with Crippen LogP contribution in [0.2, 0.25) is 0 Å². The van der Waals surface area contributed by atoms with Crippen molar-refractivity contribution < 1.29 is 5.11 Å². The number of aliphatic hydroxyl groups is 1. The van der Waals surface area contributed by atoms with E-state index in [1.54, 1.807) is 0 Å². The molecule has 1 N–H and O–H groups in total. The van der Waals surface area contributed by atoms with Gasteiger partial charge in [0.15, 0.2) is 0 Å². The second-order valence-electron chi connectivity index (χ2n) is 12.1. The number of hydrogen-bond donors (Lipinski definition) is 1. The van der Waals surface area contributed by atoms with Gasteiger partial charge in [-0.1, -0.05) is 266 Å². The van der Waals surface area contributed by atoms with Gasteiger partial charge in [-0.05, 0) is 107 Å². The minimum Gasteiger partial charge on any atom is -0.400 e. The molecule has 0 aliphatic heterocycles. The first-order chi connectivity index (χ1) is 30.3. The van der Waals surface area contributed by atoms with Crippen molar-refractivity contribution in [3.05, 3.63) is 210 Å². The molecule has 1 nitrogen and oxygen atoms in total. The van der Waals surface area contributed by atoms with Crippen LogP contribution in [0, 0.1) is 13.8 Å². The van der Waals surface area contributed by atoms with E-state index in [0.717, 1.165) is 24.7 Å². The first-order valence-corrected chi connectivity index (χ1v) is 23.2. The van der Waals surface area contributed by atoms with Gasteiger partial charge < -0.3 is 5.11 Å². The van der Waals surface area contributed by atoms with Crippen LogP contribution in [0.3, 0.4) is 0 Å². The average Bonchev–Trinajstić information content (AvgIpc) is 3.37. The smallest absolute Gasteiger partial charge is 0.0319 e. The highest BCUT2D eigenvalue weighted by Gasteiger charge is 2.03. The van der Waals surface area contributed by atoms with E-state index in [1.807, 2.05) is 114 Å². The molecule has 0 amide bonds. The molecule has 0 spiro atoms. The fourth-order valence-electron chi connectivity index (χ4n) is 5.43. The first-order valence-electron chi connectivity index (χ1n) is 23.2. The molecule has 0 atom stereocenters. The predicted octanol–water partition coefficient (Wildman–Crippen LogP) is 19.5. The Kier molecular flexibility index (Phi) is 44.4. The van der Waals surface area contributed by atoms with Crippen LogP contribution >= 0.6 is 0 Å². The van der Waals surface area contributed by atoms with E-state index < -0.39 is 0 Å². The van der Waals surface area contributed by atoms with Crippen molar-refractivity contribution in [1.82, 2.24) is 0 Å². The van der Waals surface area contributed by atoms with Crippen molar-refractivity contribution in [2.45, 2.75) is 124 Å². The molecule has 0 aromatic heterocycles. The van der Waals surface area contributed by atoms with Gasteiger partial charge in [0.2, 0.25) is 0 Å². The SMILES string of the molecule is C=C(/C=C(\C)c1ccccc1)c1ccccc1.C=C(C)c1cccc(-c2ccc(CC)cc2)c1.CC.CC.CC.CC.CC.CC.CO.Cc1ccccc1-c1ccccc1C. The zero-order valence-corrected chi connectivity index (χ0v) is 42.7. The van der Waals surface area contributed by atoms with Crippen molar-refractivity contribution in [1.29, 1.82) is 0 Å². The zero-order chi connectivity index (χ0) is 48.3. The number of aliphatic hydroxyl groups excluding tert-OH is 1. The van der Waals surface area contributed by atoms with Crippen LogP contribution in [0.15, 0.2) is 177 Å². The Labute approximate surface area is 384 Å².